The Morgan fingerprint density at radius 3 is 2.50 bits per heavy atom. The van der Waals surface area contributed by atoms with Crippen LogP contribution in [0.15, 0.2) is 71.6 Å². The van der Waals surface area contributed by atoms with Gasteiger partial charge in [0.2, 0.25) is 0 Å². The maximum atomic E-state index is 5.68. The number of aromatic nitrogens is 1. The minimum atomic E-state index is 0.501. The van der Waals surface area contributed by atoms with Crippen LogP contribution < -0.4 is 10.1 Å². The fraction of sp³-hybridized carbons (Fsp3) is 0.379. The summed E-state index contributed by atoms with van der Waals surface area (Å²) in [7, 11) is 1.70. The smallest absolute Gasteiger partial charge is 0.133 e. The molecule has 0 saturated heterocycles. The van der Waals surface area contributed by atoms with Crippen molar-refractivity contribution in [2.75, 3.05) is 13.7 Å². The van der Waals surface area contributed by atoms with Gasteiger partial charge in [-0.2, -0.15) is 0 Å². The molecule has 0 fully saturated rings. The minimum Gasteiger partial charge on any atom is -0.496 e. The van der Waals surface area contributed by atoms with Gasteiger partial charge in [-0.1, -0.05) is 64.2 Å². The van der Waals surface area contributed by atoms with E-state index in [1.165, 1.54) is 10.5 Å². The lowest BCUT2D eigenvalue weighted by Gasteiger charge is -2.15. The number of nitrogens with one attached hydrogen (secondary N) is 1. The topological polar surface area (TPSA) is 46.5 Å². The third kappa shape index (κ3) is 9.14. The van der Waals surface area contributed by atoms with E-state index in [4.69, 9.17) is 9.73 Å². The van der Waals surface area contributed by atoms with E-state index in [1.54, 1.807) is 18.4 Å². The second kappa shape index (κ2) is 15.8. The maximum Gasteiger partial charge on any atom is 0.133 e. The number of ether oxygens (including phenoxy) is 1. The number of aliphatic imine (C=N–C) groups is 1. The lowest BCUT2D eigenvalue weighted by atomic mass is 10.0. The van der Waals surface area contributed by atoms with Crippen LogP contribution >= 0.6 is 11.3 Å². The predicted molar refractivity (Wildman–Crippen MR) is 151 cm³/mol. The number of rotatable bonds is 10. The van der Waals surface area contributed by atoms with Crippen molar-refractivity contribution >= 4 is 17.2 Å². The predicted octanol–water partition coefficient (Wildman–Crippen LogP) is 8.19. The van der Waals surface area contributed by atoms with Crippen molar-refractivity contribution in [1.82, 2.24) is 10.3 Å². The van der Waals surface area contributed by atoms with Crippen LogP contribution in [0.1, 0.15) is 63.5 Å². The molecule has 0 aliphatic carbocycles. The van der Waals surface area contributed by atoms with Crippen molar-refractivity contribution in [2.24, 2.45) is 4.99 Å². The second-order valence-corrected chi connectivity index (χ2v) is 8.83. The maximum absolute atomic E-state index is 5.68. The van der Waals surface area contributed by atoms with Gasteiger partial charge in [0.1, 0.15) is 16.6 Å². The van der Waals surface area contributed by atoms with Gasteiger partial charge in [-0.3, -0.25) is 4.99 Å². The fourth-order valence-electron chi connectivity index (χ4n) is 3.09. The van der Waals surface area contributed by atoms with E-state index in [-0.39, 0.29) is 0 Å². The molecule has 2 aromatic rings. The van der Waals surface area contributed by atoms with E-state index >= 15 is 0 Å². The summed E-state index contributed by atoms with van der Waals surface area (Å²) in [6, 6.07) is 4.18. The van der Waals surface area contributed by atoms with Gasteiger partial charge in [0.05, 0.1) is 13.7 Å². The Morgan fingerprint density at radius 1 is 1.18 bits per heavy atom. The molecule has 0 aliphatic rings. The van der Waals surface area contributed by atoms with Crippen molar-refractivity contribution in [3.8, 4) is 16.3 Å². The second-order valence-electron chi connectivity index (χ2n) is 7.59. The number of allylic oxidation sites excluding steroid dienone is 4. The van der Waals surface area contributed by atoms with Crippen molar-refractivity contribution in [3.05, 3.63) is 82.6 Å². The number of hydrogen-bond donors (Lipinski definition) is 1. The molecule has 0 atom stereocenters. The van der Waals surface area contributed by atoms with Crippen LogP contribution in [0, 0.1) is 13.8 Å². The first-order chi connectivity index (χ1) is 16.4. The zero-order valence-corrected chi connectivity index (χ0v) is 23.0. The molecule has 0 unspecified atom stereocenters. The first-order valence-corrected chi connectivity index (χ1v) is 12.8. The highest BCUT2D eigenvalue weighted by atomic mass is 32.1. The molecule has 1 heterocycles. The number of hydrogen-bond acceptors (Lipinski definition) is 4. The zero-order chi connectivity index (χ0) is 25.5. The summed E-state index contributed by atoms with van der Waals surface area (Å²) in [5, 5.41) is 4.34. The summed E-state index contributed by atoms with van der Waals surface area (Å²) in [6.45, 7) is 19.1. The van der Waals surface area contributed by atoms with Crippen LogP contribution in [0.5, 0.6) is 5.75 Å². The van der Waals surface area contributed by atoms with Crippen LogP contribution in [-0.4, -0.2) is 24.5 Å². The number of benzene rings is 1. The Hall–Kier alpha value is -2.92. The Bertz CT molecular complexity index is 1040. The number of thiazole rings is 1. The Morgan fingerprint density at radius 2 is 1.91 bits per heavy atom. The van der Waals surface area contributed by atoms with Crippen LogP contribution in [0.2, 0.25) is 0 Å². The molecule has 1 N–H and O–H groups in total. The lowest BCUT2D eigenvalue weighted by molar-refractivity contribution is 0.412. The summed E-state index contributed by atoms with van der Waals surface area (Å²) in [6.07, 6.45) is 14.2. The van der Waals surface area contributed by atoms with Gasteiger partial charge in [-0.25, -0.2) is 4.98 Å². The highest BCUT2D eigenvalue weighted by molar-refractivity contribution is 7.14. The van der Waals surface area contributed by atoms with Crippen LogP contribution in [-0.2, 0) is 0 Å². The third-order valence-electron chi connectivity index (χ3n) is 4.83. The van der Waals surface area contributed by atoms with E-state index in [0.717, 1.165) is 51.7 Å². The number of aryl methyl sites for hydroxylation is 1. The average Bonchev–Trinajstić information content (AvgIpc) is 3.28. The monoisotopic (exact) mass is 479 g/mol. The van der Waals surface area contributed by atoms with E-state index in [0.29, 0.717) is 6.54 Å². The standard InChI is InChI=1S/C27H35N3OS.C2H6/c1-8-10-14-28-26(29-17-20(4)13-12-19(3)11-9-2)24-15-23(16-25(31-7)22(24)6)27-30-18-21(5)32-27;1-2/h10-16,18H,4,8-9,17H2,1-3,5-7H3,(H,28,29);1-2H3/b13-12-,14-10+,19-11+;. The molecule has 1 aromatic heterocycles. The molecule has 0 aliphatic heterocycles. The highest BCUT2D eigenvalue weighted by Gasteiger charge is 2.15. The Balaban J connectivity index is 0.00000281. The van der Waals surface area contributed by atoms with Gasteiger partial charge in [0.15, 0.2) is 0 Å². The summed E-state index contributed by atoms with van der Waals surface area (Å²) in [5.74, 6) is 1.61. The van der Waals surface area contributed by atoms with Gasteiger partial charge in [-0.15, -0.1) is 11.3 Å². The Kier molecular flexibility index (Phi) is 13.6. The van der Waals surface area contributed by atoms with E-state index in [1.807, 2.05) is 38.4 Å². The van der Waals surface area contributed by atoms with Crippen molar-refractivity contribution in [1.29, 1.82) is 0 Å². The first kappa shape index (κ1) is 29.1. The number of amidine groups is 1. The molecule has 5 heteroatoms. The molecule has 0 radical (unpaired) electrons. The average molecular weight is 480 g/mol. The summed E-state index contributed by atoms with van der Waals surface area (Å²) < 4.78 is 5.68. The van der Waals surface area contributed by atoms with Gasteiger partial charge in [0, 0.05) is 27.8 Å². The summed E-state index contributed by atoms with van der Waals surface area (Å²) >= 11 is 1.67. The summed E-state index contributed by atoms with van der Waals surface area (Å²) in [4.78, 5) is 10.6. The normalized spacial score (nSPS) is 12.1. The van der Waals surface area contributed by atoms with E-state index in [2.05, 4.69) is 75.8 Å². The molecular weight excluding hydrogens is 438 g/mol. The molecular formula is C29H41N3OS. The summed E-state index contributed by atoms with van der Waals surface area (Å²) in [5.41, 5.74) is 5.22. The van der Waals surface area contributed by atoms with Gasteiger partial charge >= 0.3 is 0 Å². The number of nitrogens with zero attached hydrogens (tertiary/aromatic N) is 2. The van der Waals surface area contributed by atoms with Crippen LogP contribution in [0.25, 0.3) is 10.6 Å². The number of methoxy groups -OCH3 is 1. The molecule has 34 heavy (non-hydrogen) atoms. The largest absolute Gasteiger partial charge is 0.496 e. The minimum absolute atomic E-state index is 0.501. The lowest BCUT2D eigenvalue weighted by Crippen LogP contribution is -2.21. The SMILES string of the molecule is C=C(/C=C\C(C)=C\CC)CN=C(N/C=C/CC)c1cc(-c2ncc(C)s2)cc(OC)c1C.CC. The molecule has 0 amide bonds. The highest BCUT2D eigenvalue weighted by Crippen LogP contribution is 2.32. The Labute approximate surface area is 210 Å². The molecule has 1 aromatic carbocycles. The van der Waals surface area contributed by atoms with Gasteiger partial charge < -0.3 is 10.1 Å². The first-order valence-electron chi connectivity index (χ1n) is 12.0. The molecule has 184 valence electrons. The fourth-order valence-corrected chi connectivity index (χ4v) is 3.85. The van der Waals surface area contributed by atoms with E-state index < -0.39 is 0 Å². The quantitative estimate of drug-likeness (QED) is 0.212. The van der Waals surface area contributed by atoms with Crippen molar-refractivity contribution in [3.63, 3.8) is 0 Å². The molecule has 0 saturated carbocycles. The van der Waals surface area contributed by atoms with Crippen LogP contribution in [0.3, 0.4) is 0 Å². The van der Waals surface area contributed by atoms with Gasteiger partial charge in [-0.05, 0) is 57.5 Å². The van der Waals surface area contributed by atoms with Crippen molar-refractivity contribution in [2.45, 2.75) is 61.3 Å². The third-order valence-corrected chi connectivity index (χ3v) is 5.79. The van der Waals surface area contributed by atoms with Crippen LogP contribution in [0.4, 0.5) is 0 Å². The van der Waals surface area contributed by atoms with E-state index in [9.17, 15) is 0 Å². The molecule has 4 nitrogen and oxygen atoms in total. The zero-order valence-electron chi connectivity index (χ0n) is 22.2. The molecule has 2 rings (SSSR count). The molecule has 0 spiro atoms. The molecule has 0 bridgehead atoms. The van der Waals surface area contributed by atoms with Crippen molar-refractivity contribution < 1.29 is 4.74 Å². The van der Waals surface area contributed by atoms with Gasteiger partial charge in [0.25, 0.3) is 0 Å².